The van der Waals surface area contributed by atoms with E-state index in [0.29, 0.717) is 46.0 Å². The number of nitrogens with zero attached hydrogens (tertiary/aromatic N) is 6. The van der Waals surface area contributed by atoms with Crippen molar-refractivity contribution in [2.45, 2.75) is 78.3 Å². The lowest BCUT2D eigenvalue weighted by molar-refractivity contribution is 0.267. The number of hydrogen-bond acceptors (Lipinski definition) is 8. The first-order valence-corrected chi connectivity index (χ1v) is 14.2. The molecule has 210 valence electrons. The zero-order valence-electron chi connectivity index (χ0n) is 23.2. The Bertz CT molecular complexity index is 1610. The molecule has 0 radical (unpaired) electrons. The third-order valence-corrected chi connectivity index (χ3v) is 8.60. The molecule has 2 saturated carbocycles. The van der Waals surface area contributed by atoms with E-state index < -0.39 is 11.6 Å². The molecule has 0 saturated heterocycles. The third-order valence-electron chi connectivity index (χ3n) is 8.60. The summed E-state index contributed by atoms with van der Waals surface area (Å²) in [6, 6.07) is 1.88. The van der Waals surface area contributed by atoms with Gasteiger partial charge in [-0.25, -0.2) is 29.1 Å². The smallest absolute Gasteiger partial charge is 0.365 e. The van der Waals surface area contributed by atoms with Crippen LogP contribution in [0, 0.1) is 23.6 Å². The van der Waals surface area contributed by atoms with E-state index in [1.54, 1.807) is 13.0 Å². The number of hydrogen-bond donors (Lipinski definition) is 2. The lowest BCUT2D eigenvalue weighted by Crippen LogP contribution is -2.31. The van der Waals surface area contributed by atoms with Gasteiger partial charge in [-0.05, 0) is 68.9 Å². The monoisotopic (exact) mass is 546 g/mol. The number of H-pyrrole nitrogens is 1. The molecule has 0 aromatic carbocycles. The predicted molar refractivity (Wildman–Crippen MR) is 151 cm³/mol. The number of allylic oxidation sites excluding steroid dienone is 1. The molecular weight excluding hydrogens is 511 g/mol. The first-order valence-electron chi connectivity index (χ1n) is 14.2. The molecule has 0 bridgehead atoms. The van der Waals surface area contributed by atoms with Crippen LogP contribution in [0.2, 0.25) is 0 Å². The SMILES string of the molecule is C=C(C)c1cc(-c2nc3nc(-c4noc(=O)[nH]4)nc(N[C@H](C)C4CCC4)c3n2CC2CCC(C)CC2)ncc1F. The maximum absolute atomic E-state index is 14.6. The molecule has 40 heavy (non-hydrogen) atoms. The van der Waals surface area contributed by atoms with Crippen molar-refractivity contribution in [1.29, 1.82) is 0 Å². The number of aromatic amines is 1. The molecule has 0 amide bonds. The highest BCUT2D eigenvalue weighted by Gasteiger charge is 2.29. The van der Waals surface area contributed by atoms with Gasteiger partial charge in [0.25, 0.3) is 0 Å². The summed E-state index contributed by atoms with van der Waals surface area (Å²) in [5.41, 5.74) is 2.76. The van der Waals surface area contributed by atoms with Crippen molar-refractivity contribution >= 4 is 22.6 Å². The summed E-state index contributed by atoms with van der Waals surface area (Å²) in [6.45, 7) is 10.9. The van der Waals surface area contributed by atoms with Gasteiger partial charge in [0.15, 0.2) is 17.3 Å². The summed E-state index contributed by atoms with van der Waals surface area (Å²) >= 11 is 0. The van der Waals surface area contributed by atoms with Gasteiger partial charge in [-0.1, -0.05) is 37.9 Å². The minimum absolute atomic E-state index is 0.132. The van der Waals surface area contributed by atoms with Gasteiger partial charge in [0.2, 0.25) is 11.6 Å². The van der Waals surface area contributed by atoms with Gasteiger partial charge >= 0.3 is 5.76 Å². The molecular formula is C29H35FN8O2. The molecule has 10 nitrogen and oxygen atoms in total. The molecule has 11 heteroatoms. The van der Waals surface area contributed by atoms with Crippen LogP contribution in [0.4, 0.5) is 10.2 Å². The molecule has 4 aromatic rings. The number of nitrogens with one attached hydrogen (secondary N) is 2. The molecule has 0 unspecified atom stereocenters. The van der Waals surface area contributed by atoms with Crippen molar-refractivity contribution in [3.05, 3.63) is 40.8 Å². The van der Waals surface area contributed by atoms with Crippen LogP contribution in [0.1, 0.15) is 71.3 Å². The maximum Gasteiger partial charge on any atom is 0.439 e. The van der Waals surface area contributed by atoms with E-state index in [0.717, 1.165) is 30.8 Å². The highest BCUT2D eigenvalue weighted by Crippen LogP contribution is 2.36. The lowest BCUT2D eigenvalue weighted by atomic mass is 9.80. The van der Waals surface area contributed by atoms with Crippen LogP contribution >= 0.6 is 0 Å². The summed E-state index contributed by atoms with van der Waals surface area (Å²) in [7, 11) is 0. The first-order chi connectivity index (χ1) is 19.3. The van der Waals surface area contributed by atoms with Gasteiger partial charge in [0.05, 0.1) is 6.20 Å². The van der Waals surface area contributed by atoms with Crippen molar-refractivity contribution in [3.63, 3.8) is 0 Å². The standard InChI is InChI=1S/C29H35FN8O2/c1-15(2)20-12-22(31-13-21(20)30)28-35-25-23(38(28)14-18-10-8-16(3)9-11-18)24(32-17(4)19-6-5-7-19)33-26(34-25)27-36-29(39)40-37-27/h12-13,16-19H,1,5-11,14H2,2-4H3,(H,32,33,34)(H,36,37,39)/t16?,17-,18?/m1/s1. The molecule has 2 aliphatic rings. The second kappa shape index (κ2) is 10.6. The molecule has 0 spiro atoms. The topological polar surface area (TPSA) is 127 Å². The highest BCUT2D eigenvalue weighted by atomic mass is 19.1. The summed E-state index contributed by atoms with van der Waals surface area (Å²) in [4.78, 5) is 33.2. The van der Waals surface area contributed by atoms with Crippen molar-refractivity contribution in [2.24, 2.45) is 17.8 Å². The minimum Gasteiger partial charge on any atom is -0.365 e. The molecule has 4 heterocycles. The van der Waals surface area contributed by atoms with E-state index in [2.05, 4.69) is 45.4 Å². The zero-order valence-corrected chi connectivity index (χ0v) is 23.2. The summed E-state index contributed by atoms with van der Waals surface area (Å²) < 4.78 is 21.5. The van der Waals surface area contributed by atoms with E-state index in [9.17, 15) is 9.18 Å². The van der Waals surface area contributed by atoms with E-state index in [1.165, 1.54) is 38.3 Å². The fourth-order valence-electron chi connectivity index (χ4n) is 5.87. The van der Waals surface area contributed by atoms with Gasteiger partial charge in [0.1, 0.15) is 17.0 Å². The van der Waals surface area contributed by atoms with Crippen molar-refractivity contribution in [3.8, 4) is 23.2 Å². The highest BCUT2D eigenvalue weighted by molar-refractivity contribution is 5.88. The van der Waals surface area contributed by atoms with Gasteiger partial charge < -0.3 is 9.88 Å². The van der Waals surface area contributed by atoms with Crippen molar-refractivity contribution in [1.82, 2.24) is 34.6 Å². The molecule has 6 rings (SSSR count). The third kappa shape index (κ3) is 5.04. The number of fused-ring (bicyclic) bond motifs is 1. The van der Waals surface area contributed by atoms with E-state index in [4.69, 9.17) is 19.5 Å². The quantitative estimate of drug-likeness (QED) is 0.283. The van der Waals surface area contributed by atoms with Gasteiger partial charge in [-0.2, -0.15) is 0 Å². The van der Waals surface area contributed by atoms with Crippen molar-refractivity contribution in [2.75, 3.05) is 5.32 Å². The predicted octanol–water partition coefficient (Wildman–Crippen LogP) is 5.83. The minimum atomic E-state index is -0.684. The van der Waals surface area contributed by atoms with Gasteiger partial charge in [0, 0.05) is 18.2 Å². The zero-order chi connectivity index (χ0) is 28.0. The maximum atomic E-state index is 14.6. The van der Waals surface area contributed by atoms with Gasteiger partial charge in [-0.15, -0.1) is 0 Å². The summed E-state index contributed by atoms with van der Waals surface area (Å²) in [6.07, 6.45) is 9.39. The fourth-order valence-corrected chi connectivity index (χ4v) is 5.87. The Morgan fingerprint density at radius 3 is 2.65 bits per heavy atom. The van der Waals surface area contributed by atoms with Crippen LogP contribution in [0.3, 0.4) is 0 Å². The van der Waals surface area contributed by atoms with Crippen molar-refractivity contribution < 1.29 is 8.91 Å². The summed E-state index contributed by atoms with van der Waals surface area (Å²) in [5.74, 6) is 2.18. The second-order valence-electron chi connectivity index (χ2n) is 11.6. The van der Waals surface area contributed by atoms with Crippen LogP contribution in [-0.4, -0.2) is 40.7 Å². The Balaban J connectivity index is 1.54. The Kier molecular flexibility index (Phi) is 6.97. The molecule has 4 aromatic heterocycles. The second-order valence-corrected chi connectivity index (χ2v) is 11.6. The Hall–Kier alpha value is -3.89. The largest absolute Gasteiger partial charge is 0.439 e. The lowest BCUT2D eigenvalue weighted by Gasteiger charge is -2.32. The molecule has 0 aliphatic heterocycles. The number of halogens is 1. The molecule has 1 atom stereocenters. The average Bonchev–Trinajstić information content (AvgIpc) is 3.48. The van der Waals surface area contributed by atoms with Crippen LogP contribution in [-0.2, 0) is 6.54 Å². The van der Waals surface area contributed by atoms with E-state index in [1.807, 2.05) is 0 Å². The molecule has 2 fully saturated rings. The normalized spacial score (nSPS) is 20.4. The van der Waals surface area contributed by atoms with E-state index >= 15 is 0 Å². The van der Waals surface area contributed by atoms with Crippen LogP contribution in [0.25, 0.3) is 39.9 Å². The Morgan fingerprint density at radius 1 is 1.23 bits per heavy atom. The fraction of sp³-hybridized carbons (Fsp3) is 0.517. The molecule has 2 N–H and O–H groups in total. The summed E-state index contributed by atoms with van der Waals surface area (Å²) in [5, 5.41) is 7.45. The number of rotatable bonds is 8. The number of anilines is 1. The Morgan fingerprint density at radius 2 is 2.00 bits per heavy atom. The average molecular weight is 547 g/mol. The first kappa shape index (κ1) is 26.3. The van der Waals surface area contributed by atoms with Crippen LogP contribution in [0.5, 0.6) is 0 Å². The Labute approximate surface area is 231 Å². The van der Waals surface area contributed by atoms with E-state index in [-0.39, 0.29) is 17.7 Å². The van der Waals surface area contributed by atoms with Crippen LogP contribution in [0.15, 0.2) is 28.2 Å². The number of pyridine rings is 1. The van der Waals surface area contributed by atoms with Crippen LogP contribution < -0.4 is 11.1 Å². The molecule has 2 aliphatic carbocycles. The van der Waals surface area contributed by atoms with Gasteiger partial charge in [-0.3, -0.25) is 9.51 Å². The number of imidazole rings is 1. The number of aromatic nitrogens is 7.